The number of amides is 1. The minimum absolute atomic E-state index is 0.0135. The highest BCUT2D eigenvalue weighted by Crippen LogP contribution is 2.48. The van der Waals surface area contributed by atoms with Crippen molar-refractivity contribution in [2.75, 3.05) is 18.4 Å². The number of carboxylic acids is 1. The van der Waals surface area contributed by atoms with E-state index in [2.05, 4.69) is 10.6 Å². The molecule has 0 radical (unpaired) electrons. The number of hydrogen-bond donors (Lipinski definition) is 3. The summed E-state index contributed by atoms with van der Waals surface area (Å²) in [5, 5.41) is 15.4. The number of aliphatic carboxylic acids is 1. The van der Waals surface area contributed by atoms with E-state index in [4.69, 9.17) is 0 Å². The predicted octanol–water partition coefficient (Wildman–Crippen LogP) is 1.74. The molecule has 0 spiro atoms. The normalized spacial score (nSPS) is 26.3. The second-order valence-corrected chi connectivity index (χ2v) is 6.41. The molecule has 5 heteroatoms. The van der Waals surface area contributed by atoms with Gasteiger partial charge in [0.2, 0.25) is 5.91 Å². The molecule has 5 nitrogen and oxygen atoms in total. The molecule has 2 fully saturated rings. The van der Waals surface area contributed by atoms with Gasteiger partial charge in [-0.3, -0.25) is 9.59 Å². The summed E-state index contributed by atoms with van der Waals surface area (Å²) in [6.45, 7) is 3.52. The minimum Gasteiger partial charge on any atom is -0.481 e. The number of benzene rings is 1. The van der Waals surface area contributed by atoms with Crippen LogP contribution in [0, 0.1) is 5.41 Å². The number of carbonyl (C=O) groups excluding carboxylic acids is 1. The van der Waals surface area contributed by atoms with Crippen molar-refractivity contribution < 1.29 is 14.7 Å². The molecule has 1 unspecified atom stereocenters. The van der Waals surface area contributed by atoms with Gasteiger partial charge < -0.3 is 15.7 Å². The predicted molar refractivity (Wildman–Crippen MR) is 79.2 cm³/mol. The highest BCUT2D eigenvalue weighted by Gasteiger charge is 2.51. The number of nitrogens with one attached hydrogen (secondary N) is 2. The second kappa shape index (κ2) is 4.84. The Bertz CT molecular complexity index is 570. The van der Waals surface area contributed by atoms with Crippen LogP contribution in [-0.4, -0.2) is 30.1 Å². The SMILES string of the molecule is CC1(C(=O)Nc2ccc(C3(C(=O)O)CC3)cc2)CCNC1. The van der Waals surface area contributed by atoms with Gasteiger partial charge in [-0.1, -0.05) is 12.1 Å². The van der Waals surface area contributed by atoms with Gasteiger partial charge in [-0.25, -0.2) is 0 Å². The van der Waals surface area contributed by atoms with Gasteiger partial charge in [-0.15, -0.1) is 0 Å². The van der Waals surface area contributed by atoms with E-state index in [9.17, 15) is 14.7 Å². The molecule has 3 N–H and O–H groups in total. The van der Waals surface area contributed by atoms with Gasteiger partial charge in [0.25, 0.3) is 0 Å². The van der Waals surface area contributed by atoms with E-state index < -0.39 is 11.4 Å². The molecular weight excluding hydrogens is 268 g/mol. The highest BCUT2D eigenvalue weighted by molar-refractivity contribution is 5.95. The number of carboxylic acid groups (broad SMARTS) is 1. The zero-order valence-electron chi connectivity index (χ0n) is 12.1. The fraction of sp³-hybridized carbons (Fsp3) is 0.500. The Morgan fingerprint density at radius 3 is 2.33 bits per heavy atom. The largest absolute Gasteiger partial charge is 0.481 e. The molecule has 1 aromatic rings. The monoisotopic (exact) mass is 288 g/mol. The van der Waals surface area contributed by atoms with Crippen LogP contribution in [0.5, 0.6) is 0 Å². The summed E-state index contributed by atoms with van der Waals surface area (Å²) in [6, 6.07) is 7.21. The Hall–Kier alpha value is -1.88. The van der Waals surface area contributed by atoms with E-state index in [0.29, 0.717) is 19.4 Å². The van der Waals surface area contributed by atoms with Crippen LogP contribution in [0.25, 0.3) is 0 Å². The average Bonchev–Trinajstić information content (AvgIpc) is 3.16. The Labute approximate surface area is 123 Å². The number of rotatable bonds is 4. The van der Waals surface area contributed by atoms with Crippen molar-refractivity contribution in [3.8, 4) is 0 Å². The summed E-state index contributed by atoms with van der Waals surface area (Å²) < 4.78 is 0. The van der Waals surface area contributed by atoms with E-state index in [1.807, 2.05) is 19.1 Å². The first kappa shape index (κ1) is 14.1. The lowest BCUT2D eigenvalue weighted by atomic mass is 9.88. The maximum atomic E-state index is 12.3. The Kier molecular flexibility index (Phi) is 3.24. The molecule has 0 bridgehead atoms. The van der Waals surface area contributed by atoms with Crippen LogP contribution in [0.15, 0.2) is 24.3 Å². The molecule has 1 amide bonds. The van der Waals surface area contributed by atoms with Crippen LogP contribution in [-0.2, 0) is 15.0 Å². The molecule has 112 valence electrons. The lowest BCUT2D eigenvalue weighted by Gasteiger charge is -2.21. The Morgan fingerprint density at radius 2 is 1.86 bits per heavy atom. The average molecular weight is 288 g/mol. The van der Waals surface area contributed by atoms with Crippen molar-refractivity contribution in [1.29, 1.82) is 0 Å². The van der Waals surface area contributed by atoms with Gasteiger partial charge in [-0.05, 0) is 50.4 Å². The summed E-state index contributed by atoms with van der Waals surface area (Å²) in [6.07, 6.45) is 2.22. The third-order valence-corrected chi connectivity index (χ3v) is 4.77. The molecule has 1 aliphatic carbocycles. The van der Waals surface area contributed by atoms with Gasteiger partial charge in [0.1, 0.15) is 0 Å². The highest BCUT2D eigenvalue weighted by atomic mass is 16.4. The van der Waals surface area contributed by atoms with Gasteiger partial charge >= 0.3 is 5.97 Å². The van der Waals surface area contributed by atoms with Crippen molar-refractivity contribution in [2.24, 2.45) is 5.41 Å². The molecule has 21 heavy (non-hydrogen) atoms. The summed E-state index contributed by atoms with van der Waals surface area (Å²) in [5.41, 5.74) is 0.487. The van der Waals surface area contributed by atoms with E-state index >= 15 is 0 Å². The fourth-order valence-corrected chi connectivity index (χ4v) is 2.92. The molecule has 1 saturated carbocycles. The molecule has 2 aliphatic rings. The van der Waals surface area contributed by atoms with Crippen molar-refractivity contribution in [3.63, 3.8) is 0 Å². The maximum absolute atomic E-state index is 12.3. The summed E-state index contributed by atoms with van der Waals surface area (Å²) in [7, 11) is 0. The molecule has 1 heterocycles. The third-order valence-electron chi connectivity index (χ3n) is 4.77. The van der Waals surface area contributed by atoms with Crippen molar-refractivity contribution >= 4 is 17.6 Å². The quantitative estimate of drug-likeness (QED) is 0.788. The second-order valence-electron chi connectivity index (χ2n) is 6.41. The van der Waals surface area contributed by atoms with Crippen molar-refractivity contribution in [1.82, 2.24) is 5.32 Å². The number of carbonyl (C=O) groups is 2. The van der Waals surface area contributed by atoms with Crippen LogP contribution >= 0.6 is 0 Å². The van der Waals surface area contributed by atoms with Crippen LogP contribution in [0.4, 0.5) is 5.69 Å². The summed E-state index contributed by atoms with van der Waals surface area (Å²) in [4.78, 5) is 23.6. The van der Waals surface area contributed by atoms with Gasteiger partial charge in [0.15, 0.2) is 0 Å². The lowest BCUT2D eigenvalue weighted by Crippen LogP contribution is -2.35. The van der Waals surface area contributed by atoms with E-state index in [0.717, 1.165) is 24.2 Å². The van der Waals surface area contributed by atoms with Gasteiger partial charge in [-0.2, -0.15) is 0 Å². The van der Waals surface area contributed by atoms with Gasteiger partial charge in [0.05, 0.1) is 10.8 Å². The Balaban J connectivity index is 1.70. The van der Waals surface area contributed by atoms with Crippen LogP contribution in [0.3, 0.4) is 0 Å². The standard InChI is InChI=1S/C16H20N2O3/c1-15(8-9-17-10-15)13(19)18-12-4-2-11(3-5-12)16(6-7-16)14(20)21/h2-5,17H,6-10H2,1H3,(H,18,19)(H,20,21). The first-order valence-electron chi connectivity index (χ1n) is 7.32. The molecule has 1 aromatic carbocycles. The zero-order chi connectivity index (χ0) is 15.1. The van der Waals surface area contributed by atoms with E-state index in [1.54, 1.807) is 12.1 Å². The first-order chi connectivity index (χ1) is 9.96. The Morgan fingerprint density at radius 1 is 1.19 bits per heavy atom. The van der Waals surface area contributed by atoms with Gasteiger partial charge in [0, 0.05) is 12.2 Å². The number of hydrogen-bond acceptors (Lipinski definition) is 3. The van der Waals surface area contributed by atoms with Crippen LogP contribution in [0.2, 0.25) is 0 Å². The smallest absolute Gasteiger partial charge is 0.314 e. The van der Waals surface area contributed by atoms with Crippen LogP contribution < -0.4 is 10.6 Å². The molecular formula is C16H20N2O3. The zero-order valence-corrected chi connectivity index (χ0v) is 12.1. The molecule has 1 saturated heterocycles. The summed E-state index contributed by atoms with van der Waals surface area (Å²) >= 11 is 0. The van der Waals surface area contributed by atoms with E-state index in [-0.39, 0.29) is 11.3 Å². The third kappa shape index (κ3) is 2.42. The lowest BCUT2D eigenvalue weighted by molar-refractivity contribution is -0.140. The minimum atomic E-state index is -0.760. The van der Waals surface area contributed by atoms with E-state index in [1.165, 1.54) is 0 Å². The topological polar surface area (TPSA) is 78.4 Å². The molecule has 3 rings (SSSR count). The first-order valence-corrected chi connectivity index (χ1v) is 7.32. The molecule has 1 aliphatic heterocycles. The van der Waals surface area contributed by atoms with Crippen molar-refractivity contribution in [3.05, 3.63) is 29.8 Å². The summed E-state index contributed by atoms with van der Waals surface area (Å²) in [5.74, 6) is -0.747. The molecule has 0 aromatic heterocycles. The number of anilines is 1. The maximum Gasteiger partial charge on any atom is 0.314 e. The van der Waals surface area contributed by atoms with Crippen LogP contribution in [0.1, 0.15) is 31.7 Å². The molecule has 1 atom stereocenters. The fourth-order valence-electron chi connectivity index (χ4n) is 2.92. The van der Waals surface area contributed by atoms with Crippen molar-refractivity contribution in [2.45, 2.75) is 31.6 Å².